The minimum atomic E-state index is -5.89. The lowest BCUT2D eigenvalue weighted by molar-refractivity contribution is -0.365. The van der Waals surface area contributed by atoms with Gasteiger partial charge in [-0.05, 0) is 38.5 Å². The summed E-state index contributed by atoms with van der Waals surface area (Å²) in [6, 6.07) is 0. The molecule has 7 fully saturated rings. The number of allylic oxidation sites excluding steroid dienone is 4. The monoisotopic (exact) mass is 1810 g/mol. The number of aliphatic hydroxyl groups is 23. The number of phosphoric acid groups is 1. The van der Waals surface area contributed by atoms with Gasteiger partial charge >= 0.3 is 19.8 Å². The number of unbranched alkanes of at least 4 members (excludes halogenated alkanes) is 20. The van der Waals surface area contributed by atoms with Crippen LogP contribution in [0.1, 0.15) is 181 Å². The molecule has 7 rings (SSSR count). The lowest BCUT2D eigenvalue weighted by atomic mass is 9.84. The highest BCUT2D eigenvalue weighted by molar-refractivity contribution is 7.47. The van der Waals surface area contributed by atoms with Crippen molar-refractivity contribution in [3.63, 3.8) is 0 Å². The van der Waals surface area contributed by atoms with Crippen LogP contribution < -0.4 is 0 Å². The van der Waals surface area contributed by atoms with Gasteiger partial charge in [-0.15, -0.1) is 0 Å². The first-order valence-corrected chi connectivity index (χ1v) is 44.7. The lowest BCUT2D eigenvalue weighted by Gasteiger charge is -2.49. The highest BCUT2D eigenvalue weighted by atomic mass is 31.2. The molecule has 44 heteroatoms. The van der Waals surface area contributed by atoms with Crippen molar-refractivity contribution in [1.29, 1.82) is 0 Å². The highest BCUT2D eigenvalue weighted by Crippen LogP contribution is 2.49. The van der Waals surface area contributed by atoms with Gasteiger partial charge in [0.1, 0.15) is 190 Å². The Morgan fingerprint density at radius 2 is 0.626 bits per heavy atom. The number of phosphoric ester groups is 1. The van der Waals surface area contributed by atoms with Crippen LogP contribution in [0.3, 0.4) is 0 Å². The van der Waals surface area contributed by atoms with Crippen LogP contribution in [-0.2, 0) is 89.5 Å². The number of hydrogen-bond acceptors (Lipinski definition) is 42. The summed E-state index contributed by atoms with van der Waals surface area (Å²) in [6.45, 7) is -3.00. The van der Waals surface area contributed by atoms with E-state index in [1.807, 2.05) is 0 Å². The van der Waals surface area contributed by atoms with Gasteiger partial charge in [-0.25, -0.2) is 4.57 Å². The molecule has 0 amide bonds. The SMILES string of the molecule is CCC/C=C\C/C=C\CCCCCCCC(=O)O[C@H](COC(=O)CCCCCCCCCCCCCCCCC)COP(=O)(O)O[C@@H]1C(O[C@@H]2OC(CO[C@@H]3OC(CO[C@@H]4OC(CO[C@@H]5OC(CO[C@@H]6OC(CO)[C@H](O)C(O)[C@@H]6O)[C@H](O)C(O)[C@@H]5O)[C@H](O)C(O)[C@@H]4O)[C@H](O)C(O)[C@@H]3O)[C@H](O)C(O)[C@@H]2O)C(O)[C@@H](O)C(O)[C@H]1O[C@H]1OC(CO)[C@@H](O)C(O)[C@H]1O. The average molecular weight is 1810 g/mol. The maximum atomic E-state index is 14.5. The van der Waals surface area contributed by atoms with Crippen molar-refractivity contribution in [2.45, 2.75) is 408 Å². The van der Waals surface area contributed by atoms with Gasteiger partial charge < -0.3 is 189 Å². The van der Waals surface area contributed by atoms with E-state index in [9.17, 15) is 136 Å². The first-order valence-electron chi connectivity index (χ1n) is 43.2. The number of carbonyl (C=O) groups is 2. The molecule has 718 valence electrons. The van der Waals surface area contributed by atoms with E-state index in [0.717, 1.165) is 77.0 Å². The average Bonchev–Trinajstić information content (AvgIpc) is 0.757. The number of carbonyl (C=O) groups excluding carboxylic acids is 2. The van der Waals surface area contributed by atoms with Crippen molar-refractivity contribution in [3.8, 4) is 0 Å². The summed E-state index contributed by atoms with van der Waals surface area (Å²) < 4.78 is 104. The molecule has 123 heavy (non-hydrogen) atoms. The van der Waals surface area contributed by atoms with Crippen LogP contribution in [0.2, 0.25) is 0 Å². The maximum absolute atomic E-state index is 14.5. The summed E-state index contributed by atoms with van der Waals surface area (Å²) in [4.78, 5) is 38.4. The van der Waals surface area contributed by atoms with Crippen molar-refractivity contribution < 1.29 is 212 Å². The Hall–Kier alpha value is -2.87. The third-order valence-corrected chi connectivity index (χ3v) is 23.9. The molecule has 1 saturated carbocycles. The number of hydrogen-bond donors (Lipinski definition) is 24. The Labute approximate surface area is 714 Å². The summed E-state index contributed by atoms with van der Waals surface area (Å²) >= 11 is 0. The third kappa shape index (κ3) is 32.2. The van der Waals surface area contributed by atoms with Crippen LogP contribution in [0, 0.1) is 0 Å². The van der Waals surface area contributed by atoms with Crippen molar-refractivity contribution >= 4 is 19.8 Å². The van der Waals surface area contributed by atoms with E-state index >= 15 is 0 Å². The third-order valence-electron chi connectivity index (χ3n) is 22.9. The Balaban J connectivity index is 1.00. The minimum absolute atomic E-state index is 0.0340. The molecule has 0 aromatic rings. The van der Waals surface area contributed by atoms with Gasteiger partial charge in [-0.1, -0.05) is 154 Å². The van der Waals surface area contributed by atoms with Gasteiger partial charge in [0, 0.05) is 12.8 Å². The van der Waals surface area contributed by atoms with Gasteiger partial charge in [0.15, 0.2) is 43.8 Å². The Morgan fingerprint density at radius 1 is 0.325 bits per heavy atom. The van der Waals surface area contributed by atoms with E-state index in [1.165, 1.54) is 51.4 Å². The molecular weight excluding hydrogens is 1670 g/mol. The van der Waals surface area contributed by atoms with Gasteiger partial charge in [0.2, 0.25) is 0 Å². The molecule has 43 nitrogen and oxygen atoms in total. The summed E-state index contributed by atoms with van der Waals surface area (Å²) in [6.07, 6.45) is -45.2. The fraction of sp³-hybridized carbons (Fsp3) is 0.924. The Kier molecular flexibility index (Phi) is 47.8. The molecular formula is C79H139O43P. The molecule has 0 aromatic carbocycles. The number of ether oxygens (including phenoxy) is 14. The summed E-state index contributed by atoms with van der Waals surface area (Å²) in [5.74, 6) is -1.52. The first-order chi connectivity index (χ1) is 58.7. The van der Waals surface area contributed by atoms with Crippen LogP contribution in [0.25, 0.3) is 0 Å². The molecule has 0 aromatic heterocycles. The van der Waals surface area contributed by atoms with E-state index in [2.05, 4.69) is 38.2 Å². The fourth-order valence-corrected chi connectivity index (χ4v) is 16.1. The Bertz CT molecular complexity index is 3030. The van der Waals surface area contributed by atoms with Gasteiger partial charge in [-0.3, -0.25) is 18.6 Å². The number of aliphatic hydroxyl groups excluding tert-OH is 23. The predicted octanol–water partition coefficient (Wildman–Crippen LogP) is -5.00. The second-order valence-corrected chi connectivity index (χ2v) is 34.0. The zero-order valence-corrected chi connectivity index (χ0v) is 70.5. The van der Waals surface area contributed by atoms with Crippen LogP contribution in [0.4, 0.5) is 0 Å². The summed E-state index contributed by atoms with van der Waals surface area (Å²) in [5.41, 5.74) is 0. The summed E-state index contributed by atoms with van der Waals surface area (Å²) in [5, 5.41) is 250. The molecule has 6 heterocycles. The van der Waals surface area contributed by atoms with E-state index in [1.54, 1.807) is 0 Å². The summed E-state index contributed by atoms with van der Waals surface area (Å²) in [7, 11) is -5.89. The zero-order chi connectivity index (χ0) is 90.2. The van der Waals surface area contributed by atoms with Crippen molar-refractivity contribution in [2.24, 2.45) is 0 Å². The van der Waals surface area contributed by atoms with E-state index in [4.69, 9.17) is 75.4 Å². The van der Waals surface area contributed by atoms with E-state index in [-0.39, 0.29) is 12.8 Å². The van der Waals surface area contributed by atoms with Crippen molar-refractivity contribution in [1.82, 2.24) is 0 Å². The number of esters is 2. The molecule has 24 N–H and O–H groups in total. The zero-order valence-electron chi connectivity index (χ0n) is 69.7. The fourth-order valence-electron chi connectivity index (χ4n) is 15.2. The van der Waals surface area contributed by atoms with E-state index < -0.39 is 300 Å². The molecule has 6 saturated heterocycles. The Morgan fingerprint density at radius 3 is 0.992 bits per heavy atom. The minimum Gasteiger partial charge on any atom is -0.462 e. The second kappa shape index (κ2) is 54.8. The molecule has 0 radical (unpaired) electrons. The smallest absolute Gasteiger partial charge is 0.462 e. The van der Waals surface area contributed by atoms with Crippen LogP contribution >= 0.6 is 7.82 Å². The van der Waals surface area contributed by atoms with Crippen LogP contribution in [-0.4, -0.2) is 414 Å². The topological polar surface area (TPSA) is 684 Å². The van der Waals surface area contributed by atoms with Crippen molar-refractivity contribution in [2.75, 3.05) is 52.9 Å². The van der Waals surface area contributed by atoms with Crippen molar-refractivity contribution in [3.05, 3.63) is 24.3 Å². The molecule has 1 aliphatic carbocycles. The molecule has 16 unspecified atom stereocenters. The first kappa shape index (κ1) is 107. The molecule has 6 aliphatic heterocycles. The second-order valence-electron chi connectivity index (χ2n) is 32.6. The predicted molar refractivity (Wildman–Crippen MR) is 417 cm³/mol. The normalized spacial score (nSPS) is 39.7. The van der Waals surface area contributed by atoms with Gasteiger partial charge in [0.25, 0.3) is 0 Å². The van der Waals surface area contributed by atoms with Crippen LogP contribution in [0.5, 0.6) is 0 Å². The molecule has 38 atom stereocenters. The maximum Gasteiger partial charge on any atom is 0.472 e. The van der Waals surface area contributed by atoms with Gasteiger partial charge in [-0.2, -0.15) is 0 Å². The number of rotatable bonds is 54. The lowest BCUT2D eigenvalue weighted by Crippen LogP contribution is -2.69. The largest absolute Gasteiger partial charge is 0.472 e. The van der Waals surface area contributed by atoms with E-state index in [0.29, 0.717) is 25.7 Å². The highest BCUT2D eigenvalue weighted by Gasteiger charge is 2.60. The quantitative estimate of drug-likeness (QED) is 0.0117. The molecule has 7 aliphatic rings. The van der Waals surface area contributed by atoms with Gasteiger partial charge in [0.05, 0.1) is 46.2 Å². The standard InChI is InChI=1S/C79H139O43P/c1-3-5-7-9-11-13-15-17-18-20-21-23-25-27-29-31-48(82)107-35-41(113-49(83)32-30-28-26-24-22-19-16-14-12-10-8-6-4-2)36-112-123(105,106)122-73-71(120-78-69(103)57(91)51(85)43(34-81)115-78)63(97)62(96)64(98)72(73)121-79-70(104)61(95)55(89)47(119-79)40-111-77-68(102)60(94)54(88)46(118-77)39-110-76-67(101)59(93)53(87)45(117-76)38-109-75-66(100)58(92)52(86)44(116-75)37-108-74-65(99)56(90)50(84)42(33-80)114-74/h8,10,14,16,41-47,50-81,84-104H,3-7,9,11-13,15,17-40H2,1-2H3,(H,105,106)/b10-8-,16-14-/t41-,42?,43?,44?,45?,46?,47?,50+,51-,52+,53+,54+,55+,56?,57?,58?,59?,60?,61?,62+,63?,64?,65+,66+,67+,68+,69-,70+,71-,72?,73+,74-,75-,76-,77-,78-,79+/m1/s1. The molecule has 0 spiro atoms. The molecule has 0 bridgehead atoms. The van der Waals surface area contributed by atoms with Crippen LogP contribution in [0.15, 0.2) is 24.3 Å².